The van der Waals surface area contributed by atoms with E-state index >= 15 is 0 Å². The van der Waals surface area contributed by atoms with E-state index in [2.05, 4.69) is 15.2 Å². The largest absolute Gasteiger partial charge is 0.371 e. The lowest BCUT2D eigenvalue weighted by molar-refractivity contribution is -0.00259. The Bertz CT molecular complexity index is 1040. The minimum atomic E-state index is -3.70. The van der Waals surface area contributed by atoms with E-state index in [1.165, 1.54) is 10.5 Å². The van der Waals surface area contributed by atoms with Crippen LogP contribution in [0.15, 0.2) is 34.1 Å². The van der Waals surface area contributed by atoms with Crippen LogP contribution in [0.5, 0.6) is 0 Å². The van der Waals surface area contributed by atoms with Crippen LogP contribution in [0.3, 0.4) is 0 Å². The van der Waals surface area contributed by atoms with Crippen LogP contribution < -0.4 is 0 Å². The standard InChI is InChI=1S/C16H19N5O4S/c1-3-14-13-6-12(8-17-16(13)25-19-14)26(22,23)21-4-5-24-15(10-21)11-7-18-20(2)9-11/h6-9,15H,3-5,10H2,1-2H3. The molecule has 0 bridgehead atoms. The van der Waals surface area contributed by atoms with Gasteiger partial charge in [-0.15, -0.1) is 0 Å². The fourth-order valence-corrected chi connectivity index (χ4v) is 4.45. The second-order valence-corrected chi connectivity index (χ2v) is 8.11. The second-order valence-electron chi connectivity index (χ2n) is 6.18. The zero-order valence-electron chi connectivity index (χ0n) is 14.5. The van der Waals surface area contributed by atoms with Crippen molar-refractivity contribution in [2.45, 2.75) is 24.3 Å². The monoisotopic (exact) mass is 377 g/mol. The molecule has 138 valence electrons. The predicted octanol–water partition coefficient (Wildman–Crippen LogP) is 1.28. The Morgan fingerprint density at radius 1 is 1.35 bits per heavy atom. The number of morpholine rings is 1. The van der Waals surface area contributed by atoms with Crippen molar-refractivity contribution in [2.24, 2.45) is 7.05 Å². The molecule has 4 heterocycles. The number of aromatic nitrogens is 4. The fourth-order valence-electron chi connectivity index (χ4n) is 3.06. The van der Waals surface area contributed by atoms with Gasteiger partial charge in [0.15, 0.2) is 0 Å². The molecule has 0 spiro atoms. The second kappa shape index (κ2) is 6.45. The third-order valence-electron chi connectivity index (χ3n) is 4.48. The van der Waals surface area contributed by atoms with E-state index in [4.69, 9.17) is 9.26 Å². The van der Waals surface area contributed by atoms with Gasteiger partial charge >= 0.3 is 0 Å². The molecule has 1 aliphatic heterocycles. The molecule has 0 saturated carbocycles. The molecule has 1 fully saturated rings. The summed E-state index contributed by atoms with van der Waals surface area (Å²) in [5.41, 5.74) is 1.89. The summed E-state index contributed by atoms with van der Waals surface area (Å²) in [5.74, 6) is 0. The van der Waals surface area contributed by atoms with Gasteiger partial charge in [-0.1, -0.05) is 12.1 Å². The first-order valence-corrected chi connectivity index (χ1v) is 9.77. The number of fused-ring (bicyclic) bond motifs is 1. The number of hydrogen-bond acceptors (Lipinski definition) is 7. The van der Waals surface area contributed by atoms with E-state index < -0.39 is 10.0 Å². The Labute approximate surface area is 150 Å². The number of pyridine rings is 1. The van der Waals surface area contributed by atoms with Gasteiger partial charge in [-0.25, -0.2) is 13.4 Å². The van der Waals surface area contributed by atoms with Crippen LogP contribution in [0.2, 0.25) is 0 Å². The highest BCUT2D eigenvalue weighted by Gasteiger charge is 2.32. The Morgan fingerprint density at radius 3 is 2.92 bits per heavy atom. The summed E-state index contributed by atoms with van der Waals surface area (Å²) >= 11 is 0. The van der Waals surface area contributed by atoms with Crippen LogP contribution >= 0.6 is 0 Å². The summed E-state index contributed by atoms with van der Waals surface area (Å²) in [6.45, 7) is 2.78. The third-order valence-corrected chi connectivity index (χ3v) is 6.31. The lowest BCUT2D eigenvalue weighted by Gasteiger charge is -2.31. The first-order valence-electron chi connectivity index (χ1n) is 8.33. The molecule has 4 rings (SSSR count). The maximum absolute atomic E-state index is 13.1. The molecule has 3 aromatic heterocycles. The van der Waals surface area contributed by atoms with Crippen molar-refractivity contribution in [3.63, 3.8) is 0 Å². The minimum absolute atomic E-state index is 0.134. The third kappa shape index (κ3) is 2.89. The highest BCUT2D eigenvalue weighted by molar-refractivity contribution is 7.89. The summed E-state index contributed by atoms with van der Waals surface area (Å²) < 4.78 is 40.1. The van der Waals surface area contributed by atoms with E-state index in [1.54, 1.807) is 16.9 Å². The fraction of sp³-hybridized carbons (Fsp3) is 0.438. The molecule has 1 unspecified atom stereocenters. The Balaban J connectivity index is 1.65. The average Bonchev–Trinajstić information content (AvgIpc) is 3.27. The van der Waals surface area contributed by atoms with Crippen molar-refractivity contribution in [1.29, 1.82) is 0 Å². The number of rotatable bonds is 4. The molecule has 0 aromatic carbocycles. The van der Waals surface area contributed by atoms with E-state index in [9.17, 15) is 8.42 Å². The van der Waals surface area contributed by atoms with Gasteiger partial charge in [0.05, 0.1) is 36.2 Å². The van der Waals surface area contributed by atoms with Gasteiger partial charge in [-0.05, 0) is 12.5 Å². The maximum Gasteiger partial charge on any atom is 0.258 e. The van der Waals surface area contributed by atoms with E-state index in [0.717, 1.165) is 5.56 Å². The zero-order chi connectivity index (χ0) is 18.3. The van der Waals surface area contributed by atoms with Crippen molar-refractivity contribution >= 4 is 21.1 Å². The van der Waals surface area contributed by atoms with E-state index in [0.29, 0.717) is 36.4 Å². The highest BCUT2D eigenvalue weighted by atomic mass is 32.2. The summed E-state index contributed by atoms with van der Waals surface area (Å²) in [6.07, 6.45) is 5.14. The molecule has 1 aliphatic rings. The number of sulfonamides is 1. The first kappa shape index (κ1) is 17.1. The topological polar surface area (TPSA) is 103 Å². The highest BCUT2D eigenvalue weighted by Crippen LogP contribution is 2.28. The predicted molar refractivity (Wildman–Crippen MR) is 91.8 cm³/mol. The minimum Gasteiger partial charge on any atom is -0.371 e. The van der Waals surface area contributed by atoms with Crippen LogP contribution in [-0.4, -0.2) is 52.3 Å². The van der Waals surface area contributed by atoms with Gasteiger partial charge in [-0.3, -0.25) is 4.68 Å². The molecule has 0 aliphatic carbocycles. The van der Waals surface area contributed by atoms with Gasteiger partial charge in [0.2, 0.25) is 10.0 Å². The Kier molecular flexibility index (Phi) is 4.25. The van der Waals surface area contributed by atoms with Crippen LogP contribution in [0, 0.1) is 0 Å². The lowest BCUT2D eigenvalue weighted by atomic mass is 10.2. The molecule has 0 amide bonds. The number of aryl methyl sites for hydroxylation is 2. The van der Waals surface area contributed by atoms with Gasteiger partial charge in [0, 0.05) is 31.9 Å². The summed E-state index contributed by atoms with van der Waals surface area (Å²) in [7, 11) is -1.88. The van der Waals surface area contributed by atoms with Crippen molar-refractivity contribution in [2.75, 3.05) is 19.7 Å². The van der Waals surface area contributed by atoms with Gasteiger partial charge in [0.1, 0.15) is 4.90 Å². The normalized spacial score (nSPS) is 19.2. The number of nitrogens with zero attached hydrogens (tertiary/aromatic N) is 5. The molecule has 26 heavy (non-hydrogen) atoms. The van der Waals surface area contributed by atoms with Crippen molar-refractivity contribution in [1.82, 2.24) is 24.2 Å². The molecule has 1 atom stereocenters. The van der Waals surface area contributed by atoms with Gasteiger partial charge in [-0.2, -0.15) is 9.40 Å². The summed E-state index contributed by atoms with van der Waals surface area (Å²) in [6, 6.07) is 1.58. The average molecular weight is 377 g/mol. The summed E-state index contributed by atoms with van der Waals surface area (Å²) in [5, 5.41) is 8.68. The Hall–Kier alpha value is -2.30. The molecule has 1 saturated heterocycles. The van der Waals surface area contributed by atoms with Crippen LogP contribution in [0.4, 0.5) is 0 Å². The van der Waals surface area contributed by atoms with Crippen molar-refractivity contribution in [3.8, 4) is 0 Å². The smallest absolute Gasteiger partial charge is 0.258 e. The molecular weight excluding hydrogens is 358 g/mol. The molecule has 0 N–H and O–H groups in total. The van der Waals surface area contributed by atoms with Gasteiger partial charge < -0.3 is 9.26 Å². The van der Waals surface area contributed by atoms with E-state index in [1.807, 2.05) is 20.2 Å². The first-order chi connectivity index (χ1) is 12.5. The van der Waals surface area contributed by atoms with Crippen LogP contribution in [0.25, 0.3) is 11.1 Å². The zero-order valence-corrected chi connectivity index (χ0v) is 15.3. The van der Waals surface area contributed by atoms with Crippen LogP contribution in [-0.2, 0) is 28.2 Å². The maximum atomic E-state index is 13.1. The Morgan fingerprint density at radius 2 is 2.19 bits per heavy atom. The van der Waals surface area contributed by atoms with Crippen molar-refractivity contribution < 1.29 is 17.7 Å². The molecule has 3 aromatic rings. The summed E-state index contributed by atoms with van der Waals surface area (Å²) in [4.78, 5) is 4.25. The SMILES string of the molecule is CCc1noc2ncc(S(=O)(=O)N3CCOC(c4cnn(C)c4)C3)cc12. The van der Waals surface area contributed by atoms with Crippen molar-refractivity contribution in [3.05, 3.63) is 35.9 Å². The molecule has 0 radical (unpaired) electrons. The molecule has 9 nitrogen and oxygen atoms in total. The number of hydrogen-bond donors (Lipinski definition) is 0. The van der Waals surface area contributed by atoms with E-state index in [-0.39, 0.29) is 17.5 Å². The van der Waals surface area contributed by atoms with Gasteiger partial charge in [0.25, 0.3) is 5.71 Å². The molecular formula is C16H19N5O4S. The quantitative estimate of drug-likeness (QED) is 0.675. The van der Waals surface area contributed by atoms with Crippen LogP contribution in [0.1, 0.15) is 24.3 Å². The molecule has 10 heteroatoms. The number of ether oxygens (including phenoxy) is 1. The lowest BCUT2D eigenvalue weighted by Crippen LogP contribution is -2.42.